The number of nitrogens with zero attached hydrogens (tertiary/aromatic N) is 2. The summed E-state index contributed by atoms with van der Waals surface area (Å²) in [4.78, 5) is 2.48. The summed E-state index contributed by atoms with van der Waals surface area (Å²) >= 11 is 0. The lowest BCUT2D eigenvalue weighted by Crippen LogP contribution is -2.48. The van der Waals surface area contributed by atoms with Crippen LogP contribution in [0, 0.1) is 11.8 Å². The van der Waals surface area contributed by atoms with Crippen molar-refractivity contribution >= 4 is 10.2 Å². The molecule has 0 spiro atoms. The zero-order valence-electron chi connectivity index (χ0n) is 17.1. The highest BCUT2D eigenvalue weighted by atomic mass is 32.2. The van der Waals surface area contributed by atoms with Crippen LogP contribution in [0.1, 0.15) is 31.2 Å². The predicted molar refractivity (Wildman–Crippen MR) is 112 cm³/mol. The molecular weight excluding hydrogens is 374 g/mol. The lowest BCUT2D eigenvalue weighted by Gasteiger charge is -2.34. The van der Waals surface area contributed by atoms with Gasteiger partial charge in [-0.2, -0.15) is 12.7 Å². The van der Waals surface area contributed by atoms with E-state index in [0.717, 1.165) is 58.3 Å². The summed E-state index contributed by atoms with van der Waals surface area (Å²) in [6.07, 6.45) is 5.05. The number of benzene rings is 1. The zero-order chi connectivity index (χ0) is 19.8. The molecule has 1 aromatic carbocycles. The van der Waals surface area contributed by atoms with Crippen LogP contribution in [0.15, 0.2) is 30.3 Å². The Balaban J connectivity index is 1.41. The number of rotatable bonds is 9. The number of hydrogen-bond acceptors (Lipinski definition) is 4. The van der Waals surface area contributed by atoms with Crippen LogP contribution >= 0.6 is 0 Å². The Kier molecular flexibility index (Phi) is 8.29. The zero-order valence-corrected chi connectivity index (χ0v) is 17.9. The third-order valence-electron chi connectivity index (χ3n) is 6.03. The van der Waals surface area contributed by atoms with Crippen molar-refractivity contribution in [1.82, 2.24) is 13.9 Å². The third-order valence-corrected chi connectivity index (χ3v) is 7.61. The molecule has 2 aliphatic heterocycles. The largest absolute Gasteiger partial charge is 0.384 e. The molecule has 0 aromatic heterocycles. The molecule has 0 unspecified atom stereocenters. The van der Waals surface area contributed by atoms with Gasteiger partial charge in [0.2, 0.25) is 0 Å². The average molecular weight is 410 g/mol. The highest BCUT2D eigenvalue weighted by molar-refractivity contribution is 7.87. The van der Waals surface area contributed by atoms with E-state index in [1.165, 1.54) is 5.56 Å². The van der Waals surface area contributed by atoms with Crippen molar-refractivity contribution in [3.05, 3.63) is 35.9 Å². The van der Waals surface area contributed by atoms with E-state index in [1.807, 2.05) is 6.07 Å². The smallest absolute Gasteiger partial charge is 0.279 e. The SMILES string of the molecule is COCC1CCN(S(=O)(=O)NC[C@@H]2CCCN(CCc3ccccc3)C2)CC1. The number of piperidine rings is 2. The van der Waals surface area contributed by atoms with E-state index in [9.17, 15) is 8.42 Å². The van der Waals surface area contributed by atoms with Gasteiger partial charge in [-0.3, -0.25) is 0 Å². The molecule has 7 heteroatoms. The van der Waals surface area contributed by atoms with Gasteiger partial charge in [0.05, 0.1) is 0 Å². The Bertz CT molecular complexity index is 675. The first-order chi connectivity index (χ1) is 13.6. The molecule has 3 rings (SSSR count). The minimum atomic E-state index is -3.37. The van der Waals surface area contributed by atoms with Gasteiger partial charge in [-0.05, 0) is 56.0 Å². The number of methoxy groups -OCH3 is 1. The van der Waals surface area contributed by atoms with Gasteiger partial charge < -0.3 is 9.64 Å². The Morgan fingerprint density at radius 1 is 1.07 bits per heavy atom. The first-order valence-electron chi connectivity index (χ1n) is 10.6. The van der Waals surface area contributed by atoms with Crippen LogP contribution in [0.2, 0.25) is 0 Å². The monoisotopic (exact) mass is 409 g/mol. The normalized spacial score (nSPS) is 23.1. The molecule has 0 saturated carbocycles. The van der Waals surface area contributed by atoms with Crippen LogP contribution in [0.4, 0.5) is 0 Å². The lowest BCUT2D eigenvalue weighted by molar-refractivity contribution is 0.121. The number of likely N-dealkylation sites (tertiary alicyclic amines) is 1. The quantitative estimate of drug-likeness (QED) is 0.679. The topological polar surface area (TPSA) is 61.9 Å². The van der Waals surface area contributed by atoms with Gasteiger partial charge in [-0.25, -0.2) is 4.72 Å². The Morgan fingerprint density at radius 3 is 2.54 bits per heavy atom. The Hall–Kier alpha value is -0.990. The van der Waals surface area contributed by atoms with E-state index in [1.54, 1.807) is 11.4 Å². The van der Waals surface area contributed by atoms with Gasteiger partial charge in [-0.15, -0.1) is 0 Å². The fourth-order valence-corrected chi connectivity index (χ4v) is 5.64. The predicted octanol–water partition coefficient (Wildman–Crippen LogP) is 2.13. The molecule has 1 N–H and O–H groups in total. The second-order valence-electron chi connectivity index (χ2n) is 8.20. The number of hydrogen-bond donors (Lipinski definition) is 1. The van der Waals surface area contributed by atoms with E-state index >= 15 is 0 Å². The second kappa shape index (κ2) is 10.7. The molecule has 2 aliphatic rings. The molecular formula is C21H35N3O3S. The molecule has 1 aromatic rings. The first kappa shape index (κ1) is 21.7. The minimum Gasteiger partial charge on any atom is -0.384 e. The van der Waals surface area contributed by atoms with Crippen molar-refractivity contribution < 1.29 is 13.2 Å². The van der Waals surface area contributed by atoms with Gasteiger partial charge in [0.1, 0.15) is 0 Å². The lowest BCUT2D eigenvalue weighted by atomic mass is 9.98. The fourth-order valence-electron chi connectivity index (χ4n) is 4.32. The van der Waals surface area contributed by atoms with Crippen molar-refractivity contribution in [3.63, 3.8) is 0 Å². The Labute approximate surface area is 170 Å². The van der Waals surface area contributed by atoms with Crippen LogP contribution in [0.3, 0.4) is 0 Å². The Morgan fingerprint density at radius 2 is 1.82 bits per heavy atom. The van der Waals surface area contributed by atoms with Crippen LogP contribution < -0.4 is 4.72 Å². The summed E-state index contributed by atoms with van der Waals surface area (Å²) in [7, 11) is -1.66. The average Bonchev–Trinajstić information content (AvgIpc) is 2.73. The first-order valence-corrected chi connectivity index (χ1v) is 12.0. The summed E-state index contributed by atoms with van der Waals surface area (Å²) in [5.41, 5.74) is 1.36. The molecule has 2 heterocycles. The van der Waals surface area contributed by atoms with Crippen molar-refractivity contribution in [3.8, 4) is 0 Å². The van der Waals surface area contributed by atoms with E-state index in [2.05, 4.69) is 33.9 Å². The highest BCUT2D eigenvalue weighted by Crippen LogP contribution is 2.20. The highest BCUT2D eigenvalue weighted by Gasteiger charge is 2.29. The molecule has 28 heavy (non-hydrogen) atoms. The maximum Gasteiger partial charge on any atom is 0.279 e. The molecule has 2 saturated heterocycles. The summed E-state index contributed by atoms with van der Waals surface area (Å²) in [6, 6.07) is 10.6. The molecule has 1 atom stereocenters. The van der Waals surface area contributed by atoms with Crippen LogP contribution in [-0.4, -0.2) is 70.6 Å². The van der Waals surface area contributed by atoms with E-state index < -0.39 is 10.2 Å². The van der Waals surface area contributed by atoms with E-state index in [0.29, 0.717) is 31.5 Å². The number of nitrogens with one attached hydrogen (secondary N) is 1. The molecule has 0 amide bonds. The molecule has 0 aliphatic carbocycles. The summed E-state index contributed by atoms with van der Waals surface area (Å²) in [5, 5.41) is 0. The summed E-state index contributed by atoms with van der Waals surface area (Å²) in [6.45, 7) is 5.59. The molecule has 6 nitrogen and oxygen atoms in total. The fraction of sp³-hybridized carbons (Fsp3) is 0.714. The maximum absolute atomic E-state index is 12.7. The van der Waals surface area contributed by atoms with Crippen molar-refractivity contribution in [1.29, 1.82) is 0 Å². The molecule has 158 valence electrons. The van der Waals surface area contributed by atoms with Gasteiger partial charge in [0, 0.05) is 46.4 Å². The van der Waals surface area contributed by atoms with Gasteiger partial charge in [-0.1, -0.05) is 30.3 Å². The third kappa shape index (κ3) is 6.52. The molecule has 0 radical (unpaired) electrons. The van der Waals surface area contributed by atoms with E-state index in [4.69, 9.17) is 4.74 Å². The van der Waals surface area contributed by atoms with Crippen LogP contribution in [-0.2, 0) is 21.4 Å². The maximum atomic E-state index is 12.7. The van der Waals surface area contributed by atoms with Crippen molar-refractivity contribution in [2.24, 2.45) is 11.8 Å². The van der Waals surface area contributed by atoms with Crippen LogP contribution in [0.5, 0.6) is 0 Å². The van der Waals surface area contributed by atoms with Gasteiger partial charge in [0.25, 0.3) is 10.2 Å². The van der Waals surface area contributed by atoms with Crippen molar-refractivity contribution in [2.45, 2.75) is 32.1 Å². The minimum absolute atomic E-state index is 0.394. The van der Waals surface area contributed by atoms with Gasteiger partial charge >= 0.3 is 0 Å². The summed E-state index contributed by atoms with van der Waals surface area (Å²) in [5.74, 6) is 0.873. The van der Waals surface area contributed by atoms with E-state index in [-0.39, 0.29) is 0 Å². The molecule has 0 bridgehead atoms. The standard InChI is InChI=1S/C21H35N3O3S/c1-27-18-20-10-14-24(15-11-20)28(25,26)22-16-21-8-5-12-23(17-21)13-9-19-6-3-2-4-7-19/h2-4,6-7,20-22H,5,8-18H2,1H3/t21-/m0/s1. The van der Waals surface area contributed by atoms with Crippen LogP contribution in [0.25, 0.3) is 0 Å². The second-order valence-corrected chi connectivity index (χ2v) is 9.95. The van der Waals surface area contributed by atoms with Gasteiger partial charge in [0.15, 0.2) is 0 Å². The molecule has 2 fully saturated rings. The van der Waals surface area contributed by atoms with Crippen molar-refractivity contribution in [2.75, 3.05) is 53.0 Å². The number of ether oxygens (including phenoxy) is 1. The summed E-state index contributed by atoms with van der Waals surface area (Å²) < 4.78 is 35.0.